The van der Waals surface area contributed by atoms with Crippen LogP contribution in [0.4, 0.5) is 0 Å². The van der Waals surface area contributed by atoms with Crippen molar-refractivity contribution in [1.82, 2.24) is 4.90 Å². The number of halogens is 1. The van der Waals surface area contributed by atoms with Gasteiger partial charge in [-0.05, 0) is 54.8 Å². The molecule has 158 valence electrons. The third-order valence-corrected chi connectivity index (χ3v) is 5.86. The van der Waals surface area contributed by atoms with E-state index in [0.29, 0.717) is 23.5 Å². The molecule has 32 heavy (non-hydrogen) atoms. The van der Waals surface area contributed by atoms with Gasteiger partial charge in [0.15, 0.2) is 0 Å². The van der Waals surface area contributed by atoms with Crippen LogP contribution in [-0.2, 0) is 16.0 Å². The lowest BCUT2D eigenvalue weighted by Gasteiger charge is -2.27. The van der Waals surface area contributed by atoms with E-state index in [1.807, 2.05) is 66.7 Å². The van der Waals surface area contributed by atoms with Crippen LogP contribution in [0.2, 0.25) is 0 Å². The number of carbonyl (C=O) groups excluding carboxylic acids is 2. The third kappa shape index (κ3) is 4.34. The number of rotatable bonds is 5. The largest absolute Gasteiger partial charge is 0.457 e. The van der Waals surface area contributed by atoms with E-state index in [0.717, 1.165) is 20.5 Å². The van der Waals surface area contributed by atoms with Crippen molar-refractivity contribution >= 4 is 33.8 Å². The molecule has 6 heteroatoms. The maximum Gasteiger partial charge on any atom is 0.271 e. The molecule has 0 spiro atoms. The molecule has 1 aliphatic rings. The van der Waals surface area contributed by atoms with Crippen LogP contribution in [0.5, 0.6) is 0 Å². The summed E-state index contributed by atoms with van der Waals surface area (Å²) in [5.41, 5.74) is 2.53. The molecule has 0 fully saturated rings. The van der Waals surface area contributed by atoms with Gasteiger partial charge in [0.2, 0.25) is 0 Å². The van der Waals surface area contributed by atoms with Crippen molar-refractivity contribution in [2.24, 2.45) is 0 Å². The van der Waals surface area contributed by atoms with Gasteiger partial charge in [-0.2, -0.15) is 5.26 Å². The molecular formula is C26H19BrN2O3. The molecule has 4 rings (SSSR count). The molecule has 2 amide bonds. The molecule has 2 aromatic carbocycles. The molecule has 1 aromatic heterocycles. The zero-order valence-electron chi connectivity index (χ0n) is 17.3. The van der Waals surface area contributed by atoms with Gasteiger partial charge in [-0.15, -0.1) is 0 Å². The van der Waals surface area contributed by atoms with Crippen LogP contribution in [0.1, 0.15) is 18.2 Å². The highest BCUT2D eigenvalue weighted by Crippen LogP contribution is 2.29. The average molecular weight is 487 g/mol. The van der Waals surface area contributed by atoms with Gasteiger partial charge in [0.1, 0.15) is 23.2 Å². The monoisotopic (exact) mass is 486 g/mol. The quantitative estimate of drug-likeness (QED) is 0.350. The second-order valence-corrected chi connectivity index (χ2v) is 8.29. The SMILES string of the molecule is CC1=C(C#N)C(=O)N(CCc2ccccc2)C(=O)/C1=C\c1ccc(-c2ccc(Br)cc2)o1. The molecule has 0 atom stereocenters. The number of nitrogens with zero attached hydrogens (tertiary/aromatic N) is 2. The number of amides is 2. The fourth-order valence-electron chi connectivity index (χ4n) is 3.56. The van der Waals surface area contributed by atoms with Gasteiger partial charge in [-0.1, -0.05) is 58.4 Å². The maximum atomic E-state index is 13.2. The minimum atomic E-state index is -0.557. The highest BCUT2D eigenvalue weighted by molar-refractivity contribution is 9.10. The van der Waals surface area contributed by atoms with E-state index in [4.69, 9.17) is 4.42 Å². The van der Waals surface area contributed by atoms with Gasteiger partial charge in [0.25, 0.3) is 11.8 Å². The fraction of sp³-hybridized carbons (Fsp3) is 0.115. The lowest BCUT2D eigenvalue weighted by Crippen LogP contribution is -2.43. The minimum Gasteiger partial charge on any atom is -0.457 e. The molecule has 3 aromatic rings. The Morgan fingerprint density at radius 3 is 2.41 bits per heavy atom. The van der Waals surface area contributed by atoms with Crippen LogP contribution in [0.15, 0.2) is 92.3 Å². The summed E-state index contributed by atoms with van der Waals surface area (Å²) in [5.74, 6) is 0.147. The van der Waals surface area contributed by atoms with Crippen molar-refractivity contribution in [1.29, 1.82) is 5.26 Å². The standard InChI is InChI=1S/C26H19BrN2O3/c1-17-22(15-21-11-12-24(32-21)19-7-9-20(27)10-8-19)25(30)29(26(31)23(17)16-28)14-13-18-5-3-2-4-6-18/h2-12,15H,13-14H2,1H3/b22-15-. The molecule has 1 aliphatic heterocycles. The topological polar surface area (TPSA) is 74.3 Å². The van der Waals surface area contributed by atoms with Crippen molar-refractivity contribution < 1.29 is 14.0 Å². The van der Waals surface area contributed by atoms with Crippen LogP contribution in [-0.4, -0.2) is 23.3 Å². The predicted octanol–water partition coefficient (Wildman–Crippen LogP) is 5.54. The Bertz CT molecular complexity index is 1280. The normalized spacial score (nSPS) is 15.4. The number of hydrogen-bond acceptors (Lipinski definition) is 4. The Hall–Kier alpha value is -3.69. The van der Waals surface area contributed by atoms with Crippen LogP contribution in [0.3, 0.4) is 0 Å². The summed E-state index contributed by atoms with van der Waals surface area (Å²) in [6.07, 6.45) is 2.11. The first-order chi connectivity index (χ1) is 15.5. The van der Waals surface area contributed by atoms with Crippen LogP contribution >= 0.6 is 15.9 Å². The van der Waals surface area contributed by atoms with Crippen molar-refractivity contribution in [2.45, 2.75) is 13.3 Å². The fourth-order valence-corrected chi connectivity index (χ4v) is 3.82. The predicted molar refractivity (Wildman–Crippen MR) is 125 cm³/mol. The first-order valence-corrected chi connectivity index (χ1v) is 10.9. The Morgan fingerprint density at radius 2 is 1.72 bits per heavy atom. The summed E-state index contributed by atoms with van der Waals surface area (Å²) in [6.45, 7) is 1.81. The number of hydrogen-bond donors (Lipinski definition) is 0. The van der Waals surface area contributed by atoms with E-state index < -0.39 is 11.8 Å². The number of nitriles is 1. The van der Waals surface area contributed by atoms with Crippen molar-refractivity contribution in [3.05, 3.63) is 99.2 Å². The van der Waals surface area contributed by atoms with Gasteiger partial charge in [-0.25, -0.2) is 0 Å². The number of carbonyl (C=O) groups is 2. The van der Waals surface area contributed by atoms with Crippen LogP contribution < -0.4 is 0 Å². The number of imide groups is 1. The minimum absolute atomic E-state index is 0.0244. The molecule has 0 N–H and O–H groups in total. The molecule has 2 heterocycles. The van der Waals surface area contributed by atoms with Crippen molar-refractivity contribution in [3.63, 3.8) is 0 Å². The summed E-state index contributed by atoms with van der Waals surface area (Å²) in [7, 11) is 0. The Kier molecular flexibility index (Phi) is 6.20. The highest BCUT2D eigenvalue weighted by Gasteiger charge is 2.35. The number of furan rings is 1. The molecule has 0 saturated heterocycles. The van der Waals surface area contributed by atoms with Gasteiger partial charge >= 0.3 is 0 Å². The summed E-state index contributed by atoms with van der Waals surface area (Å²) >= 11 is 3.41. The first kappa shape index (κ1) is 21.5. The summed E-state index contributed by atoms with van der Waals surface area (Å²) in [6, 6.07) is 22.8. The van der Waals surface area contributed by atoms with Crippen LogP contribution in [0.25, 0.3) is 17.4 Å². The number of benzene rings is 2. The maximum absolute atomic E-state index is 13.2. The molecule has 0 bridgehead atoms. The first-order valence-electron chi connectivity index (χ1n) is 10.1. The van der Waals surface area contributed by atoms with E-state index in [1.165, 1.54) is 0 Å². The Labute approximate surface area is 194 Å². The molecule has 0 unspecified atom stereocenters. The van der Waals surface area contributed by atoms with Crippen molar-refractivity contribution in [2.75, 3.05) is 6.54 Å². The third-order valence-electron chi connectivity index (χ3n) is 5.33. The summed E-state index contributed by atoms with van der Waals surface area (Å²) in [5, 5.41) is 9.56. The lowest BCUT2D eigenvalue weighted by molar-refractivity contribution is -0.140. The van der Waals surface area contributed by atoms with E-state index in [2.05, 4.69) is 15.9 Å². The van der Waals surface area contributed by atoms with Gasteiger partial charge in [0, 0.05) is 22.2 Å². The van der Waals surface area contributed by atoms with Gasteiger partial charge < -0.3 is 4.42 Å². The zero-order valence-corrected chi connectivity index (χ0v) is 18.9. The zero-order chi connectivity index (χ0) is 22.7. The smallest absolute Gasteiger partial charge is 0.271 e. The van der Waals surface area contributed by atoms with E-state index in [1.54, 1.807) is 19.1 Å². The van der Waals surface area contributed by atoms with Crippen LogP contribution in [0, 0.1) is 11.3 Å². The highest BCUT2D eigenvalue weighted by atomic mass is 79.9. The van der Waals surface area contributed by atoms with E-state index >= 15 is 0 Å². The molecule has 0 aliphatic carbocycles. The molecule has 5 nitrogen and oxygen atoms in total. The van der Waals surface area contributed by atoms with Gasteiger partial charge in [0.05, 0.1) is 0 Å². The van der Waals surface area contributed by atoms with Gasteiger partial charge in [-0.3, -0.25) is 14.5 Å². The summed E-state index contributed by atoms with van der Waals surface area (Å²) < 4.78 is 6.88. The second-order valence-electron chi connectivity index (χ2n) is 7.38. The van der Waals surface area contributed by atoms with E-state index in [9.17, 15) is 14.9 Å². The second kappa shape index (κ2) is 9.21. The lowest BCUT2D eigenvalue weighted by atomic mass is 9.94. The van der Waals surface area contributed by atoms with Crippen molar-refractivity contribution in [3.8, 4) is 17.4 Å². The van der Waals surface area contributed by atoms with E-state index in [-0.39, 0.29) is 17.7 Å². The molecule has 0 radical (unpaired) electrons. The average Bonchev–Trinajstić information content (AvgIpc) is 3.27. The molecular weight excluding hydrogens is 468 g/mol. The Balaban J connectivity index is 1.64. The summed E-state index contributed by atoms with van der Waals surface area (Å²) in [4.78, 5) is 27.1. The molecule has 0 saturated carbocycles. The Morgan fingerprint density at radius 1 is 1.00 bits per heavy atom.